The number of aryl methyl sites for hydroxylation is 2. The second kappa shape index (κ2) is 6.97. The third kappa shape index (κ3) is 3.80. The van der Waals surface area contributed by atoms with E-state index < -0.39 is 0 Å². The van der Waals surface area contributed by atoms with Gasteiger partial charge in [0.15, 0.2) is 0 Å². The second-order valence-electron chi connectivity index (χ2n) is 5.15. The van der Waals surface area contributed by atoms with Gasteiger partial charge in [0.05, 0.1) is 17.3 Å². The smallest absolute Gasteiger partial charge is 0.255 e. The Morgan fingerprint density at radius 2 is 2.17 bits per heavy atom. The fourth-order valence-electron chi connectivity index (χ4n) is 2.29. The van der Waals surface area contributed by atoms with Gasteiger partial charge in [0.2, 0.25) is 0 Å². The molecule has 0 aliphatic rings. The average Bonchev–Trinajstić information content (AvgIpc) is 3.20. The molecule has 0 fully saturated rings. The number of hydrogen-bond donors (Lipinski definition) is 1. The molecule has 118 valence electrons. The van der Waals surface area contributed by atoms with Crippen molar-refractivity contribution in [1.82, 2.24) is 20.3 Å². The van der Waals surface area contributed by atoms with E-state index in [0.717, 1.165) is 5.01 Å². The Bertz CT molecular complexity index is 785. The molecule has 0 unspecified atom stereocenters. The lowest BCUT2D eigenvalue weighted by Gasteiger charge is -2.16. The lowest BCUT2D eigenvalue weighted by Crippen LogP contribution is -2.30. The van der Waals surface area contributed by atoms with Gasteiger partial charge >= 0.3 is 0 Å². The average molecular weight is 344 g/mol. The second-order valence-corrected chi connectivity index (χ2v) is 6.85. The van der Waals surface area contributed by atoms with Crippen LogP contribution in [-0.2, 0) is 6.42 Å². The van der Waals surface area contributed by atoms with Gasteiger partial charge in [-0.25, -0.2) is 15.0 Å². The van der Waals surface area contributed by atoms with Gasteiger partial charge in [0, 0.05) is 24.2 Å². The summed E-state index contributed by atoms with van der Waals surface area (Å²) in [6, 6.07) is 1.91. The van der Waals surface area contributed by atoms with Gasteiger partial charge in [0.25, 0.3) is 5.91 Å². The Morgan fingerprint density at radius 1 is 1.30 bits per heavy atom. The van der Waals surface area contributed by atoms with Gasteiger partial charge < -0.3 is 5.32 Å². The van der Waals surface area contributed by atoms with Gasteiger partial charge in [-0.2, -0.15) is 11.3 Å². The van der Waals surface area contributed by atoms with Crippen LogP contribution in [0.3, 0.4) is 0 Å². The summed E-state index contributed by atoms with van der Waals surface area (Å²) in [6.45, 7) is 3.63. The number of carbonyl (C=O) groups excluding carboxylic acids is 1. The van der Waals surface area contributed by atoms with Gasteiger partial charge in [-0.1, -0.05) is 0 Å². The molecule has 3 aromatic heterocycles. The van der Waals surface area contributed by atoms with E-state index in [1.807, 2.05) is 24.6 Å². The molecular formula is C16H16N4OS2. The minimum absolute atomic E-state index is 0.155. The summed E-state index contributed by atoms with van der Waals surface area (Å²) in [5, 5.41) is 10.0. The van der Waals surface area contributed by atoms with Crippen LogP contribution >= 0.6 is 22.7 Å². The van der Waals surface area contributed by atoms with Gasteiger partial charge in [-0.15, -0.1) is 11.3 Å². The van der Waals surface area contributed by atoms with Crippen LogP contribution in [0.15, 0.2) is 34.6 Å². The van der Waals surface area contributed by atoms with E-state index in [4.69, 9.17) is 0 Å². The molecule has 3 aromatic rings. The van der Waals surface area contributed by atoms with Crippen LogP contribution in [0.1, 0.15) is 38.5 Å². The Kier molecular flexibility index (Phi) is 4.78. The molecule has 1 amide bonds. The van der Waals surface area contributed by atoms with E-state index in [1.165, 1.54) is 5.56 Å². The summed E-state index contributed by atoms with van der Waals surface area (Å²) in [4.78, 5) is 25.3. The SMILES string of the molecule is Cc1ncc(C(=O)N[C@H](Cc2ccsc2)c2nccs2)c(C)n1. The molecule has 0 aromatic carbocycles. The number of thiophene rings is 1. The number of rotatable bonds is 5. The maximum atomic E-state index is 12.6. The summed E-state index contributed by atoms with van der Waals surface area (Å²) in [6.07, 6.45) is 4.05. The number of hydrogen-bond acceptors (Lipinski definition) is 6. The van der Waals surface area contributed by atoms with E-state index in [9.17, 15) is 4.79 Å². The molecular weight excluding hydrogens is 328 g/mol. The fourth-order valence-corrected chi connectivity index (χ4v) is 3.66. The molecule has 0 spiro atoms. The summed E-state index contributed by atoms with van der Waals surface area (Å²) in [7, 11) is 0. The van der Waals surface area contributed by atoms with Crippen molar-refractivity contribution in [2.75, 3.05) is 0 Å². The Balaban J connectivity index is 1.81. The summed E-state index contributed by atoms with van der Waals surface area (Å²) < 4.78 is 0. The highest BCUT2D eigenvalue weighted by molar-refractivity contribution is 7.09. The molecule has 5 nitrogen and oxygen atoms in total. The minimum atomic E-state index is -0.169. The largest absolute Gasteiger partial charge is 0.342 e. The Hall–Kier alpha value is -2.12. The summed E-state index contributed by atoms with van der Waals surface area (Å²) in [5.74, 6) is 0.492. The number of carbonyl (C=O) groups is 1. The molecule has 1 N–H and O–H groups in total. The number of nitrogens with one attached hydrogen (secondary N) is 1. The topological polar surface area (TPSA) is 67.8 Å². The molecule has 0 radical (unpaired) electrons. The standard InChI is InChI=1S/C16H16N4OS2/c1-10-13(8-18-11(2)19-10)15(21)20-14(16-17-4-6-23-16)7-12-3-5-22-9-12/h3-6,8-9,14H,7H2,1-2H3,(H,20,21)/t14-/m1/s1. The highest BCUT2D eigenvalue weighted by atomic mass is 32.1. The first kappa shape index (κ1) is 15.8. The molecule has 0 aliphatic carbocycles. The molecule has 3 heterocycles. The Labute approximate surface area is 142 Å². The quantitative estimate of drug-likeness (QED) is 0.771. The molecule has 1 atom stereocenters. The van der Waals surface area contributed by atoms with Crippen molar-refractivity contribution in [3.63, 3.8) is 0 Å². The van der Waals surface area contributed by atoms with Crippen LogP contribution in [0.5, 0.6) is 0 Å². The van der Waals surface area contributed by atoms with Crippen molar-refractivity contribution in [1.29, 1.82) is 0 Å². The van der Waals surface area contributed by atoms with E-state index in [0.29, 0.717) is 23.5 Å². The Morgan fingerprint density at radius 3 is 2.83 bits per heavy atom. The van der Waals surface area contributed by atoms with Crippen LogP contribution in [0, 0.1) is 13.8 Å². The third-order valence-electron chi connectivity index (χ3n) is 3.42. The predicted molar refractivity (Wildman–Crippen MR) is 91.9 cm³/mol. The summed E-state index contributed by atoms with van der Waals surface area (Å²) in [5.41, 5.74) is 2.37. The van der Waals surface area contributed by atoms with E-state index in [-0.39, 0.29) is 11.9 Å². The maximum absolute atomic E-state index is 12.6. The van der Waals surface area contributed by atoms with Gasteiger partial charge in [0.1, 0.15) is 10.8 Å². The predicted octanol–water partition coefficient (Wildman–Crippen LogP) is 3.33. The number of nitrogens with zero attached hydrogens (tertiary/aromatic N) is 3. The molecule has 7 heteroatoms. The zero-order valence-electron chi connectivity index (χ0n) is 12.8. The molecule has 3 rings (SSSR count). The first-order valence-electron chi connectivity index (χ1n) is 7.15. The van der Waals surface area contributed by atoms with Crippen LogP contribution in [0.25, 0.3) is 0 Å². The van der Waals surface area contributed by atoms with Crippen molar-refractivity contribution in [2.24, 2.45) is 0 Å². The fraction of sp³-hybridized carbons (Fsp3) is 0.250. The zero-order valence-corrected chi connectivity index (χ0v) is 14.4. The minimum Gasteiger partial charge on any atom is -0.342 e. The first-order chi connectivity index (χ1) is 11.1. The van der Waals surface area contributed by atoms with Crippen molar-refractivity contribution >= 4 is 28.6 Å². The highest BCUT2D eigenvalue weighted by Gasteiger charge is 2.20. The normalized spacial score (nSPS) is 12.1. The van der Waals surface area contributed by atoms with Gasteiger partial charge in [-0.3, -0.25) is 4.79 Å². The van der Waals surface area contributed by atoms with Crippen molar-refractivity contribution in [3.8, 4) is 0 Å². The molecule has 0 saturated heterocycles. The summed E-state index contributed by atoms with van der Waals surface area (Å²) >= 11 is 3.19. The lowest BCUT2D eigenvalue weighted by atomic mass is 10.1. The van der Waals surface area contributed by atoms with Crippen LogP contribution < -0.4 is 5.32 Å². The van der Waals surface area contributed by atoms with Crippen LogP contribution in [-0.4, -0.2) is 20.9 Å². The van der Waals surface area contributed by atoms with Crippen LogP contribution in [0.2, 0.25) is 0 Å². The van der Waals surface area contributed by atoms with Gasteiger partial charge in [-0.05, 0) is 36.2 Å². The van der Waals surface area contributed by atoms with Crippen molar-refractivity contribution < 1.29 is 4.79 Å². The van der Waals surface area contributed by atoms with E-state index in [2.05, 4.69) is 31.7 Å². The number of aromatic nitrogens is 3. The number of amides is 1. The van der Waals surface area contributed by atoms with E-state index in [1.54, 1.807) is 35.1 Å². The lowest BCUT2D eigenvalue weighted by molar-refractivity contribution is 0.0935. The molecule has 0 aliphatic heterocycles. The molecule has 23 heavy (non-hydrogen) atoms. The first-order valence-corrected chi connectivity index (χ1v) is 8.97. The van der Waals surface area contributed by atoms with E-state index >= 15 is 0 Å². The van der Waals surface area contributed by atoms with Crippen LogP contribution in [0.4, 0.5) is 0 Å². The molecule has 0 saturated carbocycles. The monoisotopic (exact) mass is 344 g/mol. The third-order valence-corrected chi connectivity index (χ3v) is 5.04. The number of thiazole rings is 1. The maximum Gasteiger partial charge on any atom is 0.255 e. The van der Waals surface area contributed by atoms with Crippen molar-refractivity contribution in [3.05, 3.63) is 62.3 Å². The zero-order chi connectivity index (χ0) is 16.2. The molecule has 0 bridgehead atoms. The highest BCUT2D eigenvalue weighted by Crippen LogP contribution is 2.22. The van der Waals surface area contributed by atoms with Crippen molar-refractivity contribution in [2.45, 2.75) is 26.3 Å².